The topological polar surface area (TPSA) is 70.7 Å². The quantitative estimate of drug-likeness (QED) is 0.578. The second kappa shape index (κ2) is 9.53. The van der Waals surface area contributed by atoms with Crippen molar-refractivity contribution in [2.45, 2.75) is 13.2 Å². The Balaban J connectivity index is 1.43. The first-order valence-electron chi connectivity index (χ1n) is 9.99. The fourth-order valence-corrected chi connectivity index (χ4v) is 3.61. The number of para-hydroxylation sites is 1. The lowest BCUT2D eigenvalue weighted by molar-refractivity contribution is 0.0950. The van der Waals surface area contributed by atoms with Crippen molar-refractivity contribution in [1.82, 2.24) is 10.6 Å². The first-order valence-corrected chi connectivity index (χ1v) is 10.4. The number of benzene rings is 3. The van der Waals surface area contributed by atoms with Crippen molar-refractivity contribution in [2.75, 3.05) is 18.0 Å². The van der Waals surface area contributed by atoms with Gasteiger partial charge in [0.2, 0.25) is 0 Å². The number of hydrogen-bond acceptors (Lipinski definition) is 3. The van der Waals surface area contributed by atoms with Crippen LogP contribution < -0.4 is 20.3 Å². The van der Waals surface area contributed by atoms with Crippen LogP contribution in [0.2, 0.25) is 5.02 Å². The molecule has 1 fully saturated rings. The Morgan fingerprint density at radius 2 is 1.77 bits per heavy atom. The van der Waals surface area contributed by atoms with Crippen molar-refractivity contribution in [3.05, 3.63) is 94.5 Å². The standard InChI is InChI=1S/C24H22ClN3O3/c25-21-11-10-17(14-22(21)28-13-12-26-24(28)30)23(29)27-15-18-6-4-5-7-19(18)16-31-20-8-2-1-3-9-20/h1-11,14H,12-13,15-16H2,(H,26,30)(H,27,29). The monoisotopic (exact) mass is 435 g/mol. The number of amides is 3. The number of ether oxygens (including phenoxy) is 1. The van der Waals surface area contributed by atoms with Crippen LogP contribution in [0.25, 0.3) is 0 Å². The van der Waals surface area contributed by atoms with Gasteiger partial charge in [-0.15, -0.1) is 0 Å². The third-order valence-corrected chi connectivity index (χ3v) is 5.37. The number of hydrogen-bond donors (Lipinski definition) is 2. The number of nitrogens with one attached hydrogen (secondary N) is 2. The number of nitrogens with zero attached hydrogens (tertiary/aromatic N) is 1. The van der Waals surface area contributed by atoms with E-state index in [4.69, 9.17) is 16.3 Å². The molecule has 6 nitrogen and oxygen atoms in total. The zero-order valence-electron chi connectivity index (χ0n) is 16.8. The van der Waals surface area contributed by atoms with Gasteiger partial charge in [0.15, 0.2) is 0 Å². The summed E-state index contributed by atoms with van der Waals surface area (Å²) >= 11 is 6.26. The second-order valence-electron chi connectivity index (χ2n) is 7.10. The third kappa shape index (κ3) is 4.98. The molecule has 158 valence electrons. The van der Waals surface area contributed by atoms with E-state index in [1.165, 1.54) is 4.90 Å². The summed E-state index contributed by atoms with van der Waals surface area (Å²) in [7, 11) is 0. The van der Waals surface area contributed by atoms with E-state index in [0.29, 0.717) is 42.5 Å². The Hall–Kier alpha value is -3.51. The van der Waals surface area contributed by atoms with Gasteiger partial charge in [-0.1, -0.05) is 54.1 Å². The molecule has 1 aliphatic rings. The molecule has 3 amide bonds. The molecule has 1 aliphatic heterocycles. The lowest BCUT2D eigenvalue weighted by Crippen LogP contribution is -2.29. The molecule has 0 unspecified atom stereocenters. The molecule has 31 heavy (non-hydrogen) atoms. The first kappa shape index (κ1) is 20.8. The van der Waals surface area contributed by atoms with E-state index in [2.05, 4.69) is 10.6 Å². The molecule has 3 aromatic carbocycles. The van der Waals surface area contributed by atoms with Crippen LogP contribution in [0, 0.1) is 0 Å². The lowest BCUT2D eigenvalue weighted by Gasteiger charge is -2.17. The highest BCUT2D eigenvalue weighted by Gasteiger charge is 2.24. The molecule has 3 aromatic rings. The molecule has 0 aliphatic carbocycles. The first-order chi connectivity index (χ1) is 15.1. The van der Waals surface area contributed by atoms with Crippen LogP contribution in [0.4, 0.5) is 10.5 Å². The van der Waals surface area contributed by atoms with E-state index >= 15 is 0 Å². The summed E-state index contributed by atoms with van der Waals surface area (Å²) in [6.45, 7) is 1.83. The van der Waals surface area contributed by atoms with E-state index in [-0.39, 0.29) is 11.9 Å². The molecule has 0 atom stereocenters. The van der Waals surface area contributed by atoms with Gasteiger partial charge in [-0.05, 0) is 41.5 Å². The van der Waals surface area contributed by atoms with E-state index in [9.17, 15) is 9.59 Å². The van der Waals surface area contributed by atoms with Gasteiger partial charge < -0.3 is 15.4 Å². The largest absolute Gasteiger partial charge is 0.489 e. The molecule has 4 rings (SSSR count). The summed E-state index contributed by atoms with van der Waals surface area (Å²) in [6.07, 6.45) is 0. The molecule has 0 aromatic heterocycles. The van der Waals surface area contributed by atoms with Crippen molar-refractivity contribution in [3.63, 3.8) is 0 Å². The highest BCUT2D eigenvalue weighted by Crippen LogP contribution is 2.28. The number of anilines is 1. The van der Waals surface area contributed by atoms with Crippen LogP contribution in [0.1, 0.15) is 21.5 Å². The van der Waals surface area contributed by atoms with E-state index in [1.54, 1.807) is 18.2 Å². The number of carbonyl (C=O) groups is 2. The predicted molar refractivity (Wildman–Crippen MR) is 121 cm³/mol. The fourth-order valence-electron chi connectivity index (χ4n) is 3.39. The Labute approximate surface area is 185 Å². The number of halogens is 1. The van der Waals surface area contributed by atoms with Crippen LogP contribution in [0.15, 0.2) is 72.8 Å². The molecular formula is C24H22ClN3O3. The smallest absolute Gasteiger partial charge is 0.322 e. The van der Waals surface area contributed by atoms with Crippen molar-refractivity contribution < 1.29 is 14.3 Å². The van der Waals surface area contributed by atoms with Gasteiger partial charge in [-0.3, -0.25) is 9.69 Å². The summed E-state index contributed by atoms with van der Waals surface area (Å²) in [5, 5.41) is 6.11. The summed E-state index contributed by atoms with van der Waals surface area (Å²) in [5.41, 5.74) is 2.94. The van der Waals surface area contributed by atoms with Gasteiger partial charge in [-0.2, -0.15) is 0 Å². The van der Waals surface area contributed by atoms with E-state index in [1.807, 2.05) is 54.6 Å². The SMILES string of the molecule is O=C(NCc1ccccc1COc1ccccc1)c1ccc(Cl)c(N2CCNC2=O)c1. The fraction of sp³-hybridized carbons (Fsp3) is 0.167. The molecule has 0 bridgehead atoms. The van der Waals surface area contributed by atoms with Gasteiger partial charge in [0, 0.05) is 25.2 Å². The van der Waals surface area contributed by atoms with Crippen LogP contribution in [-0.2, 0) is 13.2 Å². The summed E-state index contributed by atoms with van der Waals surface area (Å²) < 4.78 is 5.85. The zero-order valence-corrected chi connectivity index (χ0v) is 17.6. The Morgan fingerprint density at radius 3 is 2.52 bits per heavy atom. The normalized spacial score (nSPS) is 13.1. The van der Waals surface area contributed by atoms with Crippen molar-refractivity contribution in [2.24, 2.45) is 0 Å². The maximum Gasteiger partial charge on any atom is 0.322 e. The minimum atomic E-state index is -0.240. The lowest BCUT2D eigenvalue weighted by atomic mass is 10.1. The van der Waals surface area contributed by atoms with Crippen molar-refractivity contribution >= 4 is 29.2 Å². The molecule has 2 N–H and O–H groups in total. The molecule has 0 spiro atoms. The number of urea groups is 1. The molecule has 7 heteroatoms. The maximum atomic E-state index is 12.8. The minimum Gasteiger partial charge on any atom is -0.489 e. The average Bonchev–Trinajstić information content (AvgIpc) is 3.23. The Morgan fingerprint density at radius 1 is 1.03 bits per heavy atom. The van der Waals surface area contributed by atoms with Crippen LogP contribution in [0.5, 0.6) is 5.75 Å². The van der Waals surface area contributed by atoms with Gasteiger partial charge in [0.25, 0.3) is 5.91 Å². The van der Waals surface area contributed by atoms with Crippen molar-refractivity contribution in [1.29, 1.82) is 0 Å². The molecule has 0 saturated carbocycles. The van der Waals surface area contributed by atoms with Gasteiger partial charge in [-0.25, -0.2) is 4.79 Å². The molecule has 0 radical (unpaired) electrons. The molecular weight excluding hydrogens is 414 g/mol. The summed E-state index contributed by atoms with van der Waals surface area (Å²) in [4.78, 5) is 26.3. The molecule has 1 saturated heterocycles. The van der Waals surface area contributed by atoms with Crippen LogP contribution >= 0.6 is 11.6 Å². The van der Waals surface area contributed by atoms with Crippen LogP contribution in [-0.4, -0.2) is 25.0 Å². The van der Waals surface area contributed by atoms with Crippen molar-refractivity contribution in [3.8, 4) is 5.75 Å². The highest BCUT2D eigenvalue weighted by atomic mass is 35.5. The van der Waals surface area contributed by atoms with E-state index < -0.39 is 0 Å². The minimum absolute atomic E-state index is 0.216. The molecule has 1 heterocycles. The van der Waals surface area contributed by atoms with Crippen LogP contribution in [0.3, 0.4) is 0 Å². The Bertz CT molecular complexity index is 1090. The maximum absolute atomic E-state index is 12.8. The predicted octanol–water partition coefficient (Wildman–Crippen LogP) is 4.38. The summed E-state index contributed by atoms with van der Waals surface area (Å²) in [5.74, 6) is 0.553. The van der Waals surface area contributed by atoms with E-state index in [0.717, 1.165) is 16.9 Å². The summed E-state index contributed by atoms with van der Waals surface area (Å²) in [6, 6.07) is 22.1. The van der Waals surface area contributed by atoms with Gasteiger partial charge in [0.1, 0.15) is 12.4 Å². The second-order valence-corrected chi connectivity index (χ2v) is 7.51. The zero-order chi connectivity index (χ0) is 21.6. The number of rotatable bonds is 7. The number of carbonyl (C=O) groups excluding carboxylic acids is 2. The third-order valence-electron chi connectivity index (χ3n) is 5.05. The Kier molecular flexibility index (Phi) is 6.38. The van der Waals surface area contributed by atoms with Gasteiger partial charge >= 0.3 is 6.03 Å². The average molecular weight is 436 g/mol. The van der Waals surface area contributed by atoms with Gasteiger partial charge in [0.05, 0.1) is 10.7 Å². The highest BCUT2D eigenvalue weighted by molar-refractivity contribution is 6.34.